The van der Waals surface area contributed by atoms with E-state index in [-0.39, 0.29) is 16.8 Å². The van der Waals surface area contributed by atoms with Crippen molar-refractivity contribution in [2.45, 2.75) is 43.3 Å². The topological polar surface area (TPSA) is 78.5 Å². The van der Waals surface area contributed by atoms with E-state index in [9.17, 15) is 13.2 Å². The zero-order valence-corrected chi connectivity index (χ0v) is 16.9. The summed E-state index contributed by atoms with van der Waals surface area (Å²) in [5.41, 5.74) is 1.29. The number of benzene rings is 2. The molecule has 0 aliphatic carbocycles. The van der Waals surface area contributed by atoms with Gasteiger partial charge in [0.15, 0.2) is 0 Å². The summed E-state index contributed by atoms with van der Waals surface area (Å²) in [6, 6.07) is 17.7. The lowest BCUT2D eigenvalue weighted by Crippen LogP contribution is -2.50. The van der Waals surface area contributed by atoms with Crippen molar-refractivity contribution in [3.63, 3.8) is 0 Å². The van der Waals surface area contributed by atoms with Crippen molar-refractivity contribution in [1.82, 2.24) is 14.9 Å². The highest BCUT2D eigenvalue weighted by molar-refractivity contribution is 7.89. The van der Waals surface area contributed by atoms with Crippen LogP contribution in [-0.2, 0) is 21.4 Å². The molecule has 6 nitrogen and oxygen atoms in total. The fourth-order valence-corrected chi connectivity index (χ4v) is 4.58. The van der Waals surface area contributed by atoms with Crippen LogP contribution in [0, 0.1) is 0 Å². The minimum absolute atomic E-state index is 0.0724. The quantitative estimate of drug-likeness (QED) is 0.745. The van der Waals surface area contributed by atoms with Crippen molar-refractivity contribution in [2.24, 2.45) is 0 Å². The monoisotopic (exact) mass is 401 g/mol. The second kappa shape index (κ2) is 9.32. The Labute approximate surface area is 167 Å². The van der Waals surface area contributed by atoms with Gasteiger partial charge >= 0.3 is 0 Å². The molecule has 0 radical (unpaired) electrons. The normalized spacial score (nSPS) is 17.2. The maximum Gasteiger partial charge on any atom is 0.241 e. The Hall–Kier alpha value is -2.22. The number of likely N-dealkylation sites (tertiary alicyclic amines) is 1. The van der Waals surface area contributed by atoms with Gasteiger partial charge in [-0.25, -0.2) is 8.42 Å². The largest absolute Gasteiger partial charge is 0.352 e. The molecule has 1 aliphatic rings. The Morgan fingerprint density at radius 1 is 1.04 bits per heavy atom. The van der Waals surface area contributed by atoms with E-state index in [1.165, 1.54) is 17.7 Å². The molecule has 0 aromatic heterocycles. The minimum atomic E-state index is -3.71. The van der Waals surface area contributed by atoms with Crippen LogP contribution < -0.4 is 10.0 Å². The number of carbonyl (C=O) groups excluding carboxylic acids is 1. The van der Waals surface area contributed by atoms with E-state index in [4.69, 9.17) is 0 Å². The number of nitrogens with zero attached hydrogens (tertiary/aromatic N) is 1. The van der Waals surface area contributed by atoms with E-state index in [1.807, 2.05) is 18.2 Å². The molecule has 7 heteroatoms. The SMILES string of the molecule is CC(NS(=O)(=O)c1ccccc1)C(=O)NC1CCN(Cc2ccccc2)CC1. The van der Waals surface area contributed by atoms with E-state index in [1.54, 1.807) is 25.1 Å². The molecular formula is C21H27N3O3S. The average Bonchev–Trinajstić information content (AvgIpc) is 2.70. The van der Waals surface area contributed by atoms with Gasteiger partial charge in [0.05, 0.1) is 10.9 Å². The molecule has 3 rings (SSSR count). The van der Waals surface area contributed by atoms with E-state index < -0.39 is 16.1 Å². The Morgan fingerprint density at radius 2 is 1.61 bits per heavy atom. The number of sulfonamides is 1. The lowest BCUT2D eigenvalue weighted by molar-refractivity contribution is -0.123. The second-order valence-electron chi connectivity index (χ2n) is 7.20. The van der Waals surface area contributed by atoms with Gasteiger partial charge in [-0.05, 0) is 37.5 Å². The van der Waals surface area contributed by atoms with Crippen LogP contribution in [0.4, 0.5) is 0 Å². The lowest BCUT2D eigenvalue weighted by atomic mass is 10.0. The van der Waals surface area contributed by atoms with Crippen molar-refractivity contribution < 1.29 is 13.2 Å². The molecule has 0 bridgehead atoms. The standard InChI is InChI=1S/C21H27N3O3S/c1-17(23-28(26,27)20-10-6-3-7-11-20)21(25)22-19-12-14-24(15-13-19)16-18-8-4-2-5-9-18/h2-11,17,19,23H,12-16H2,1H3,(H,22,25). The molecule has 1 aliphatic heterocycles. The first-order valence-corrected chi connectivity index (χ1v) is 11.1. The summed E-state index contributed by atoms with van der Waals surface area (Å²) >= 11 is 0. The number of nitrogens with one attached hydrogen (secondary N) is 2. The van der Waals surface area contributed by atoms with Crippen LogP contribution in [0.2, 0.25) is 0 Å². The van der Waals surface area contributed by atoms with Gasteiger partial charge in [-0.3, -0.25) is 9.69 Å². The van der Waals surface area contributed by atoms with E-state index in [0.29, 0.717) is 0 Å². The van der Waals surface area contributed by atoms with Crippen LogP contribution in [-0.4, -0.2) is 44.4 Å². The van der Waals surface area contributed by atoms with E-state index >= 15 is 0 Å². The van der Waals surface area contributed by atoms with Crippen molar-refractivity contribution in [3.8, 4) is 0 Å². The number of piperidine rings is 1. The third-order valence-electron chi connectivity index (χ3n) is 4.96. The van der Waals surface area contributed by atoms with Crippen LogP contribution in [0.5, 0.6) is 0 Å². The van der Waals surface area contributed by atoms with Crippen LogP contribution in [0.25, 0.3) is 0 Å². The average molecular weight is 402 g/mol. The molecule has 1 atom stereocenters. The van der Waals surface area contributed by atoms with Crippen LogP contribution in [0.1, 0.15) is 25.3 Å². The Morgan fingerprint density at radius 3 is 2.21 bits per heavy atom. The molecule has 0 saturated carbocycles. The highest BCUT2D eigenvalue weighted by Crippen LogP contribution is 2.14. The van der Waals surface area contributed by atoms with Gasteiger partial charge in [0.1, 0.15) is 0 Å². The summed E-state index contributed by atoms with van der Waals surface area (Å²) in [5, 5.41) is 2.98. The first-order valence-electron chi connectivity index (χ1n) is 9.58. The minimum Gasteiger partial charge on any atom is -0.352 e. The van der Waals surface area contributed by atoms with Crippen LogP contribution >= 0.6 is 0 Å². The predicted octanol–water partition coefficient (Wildman–Crippen LogP) is 2.13. The van der Waals surface area contributed by atoms with Gasteiger partial charge in [0.25, 0.3) is 0 Å². The molecule has 2 aromatic rings. The Bertz CT molecular complexity index is 864. The highest BCUT2D eigenvalue weighted by atomic mass is 32.2. The molecule has 2 N–H and O–H groups in total. The van der Waals surface area contributed by atoms with Crippen LogP contribution in [0.15, 0.2) is 65.6 Å². The number of amides is 1. The third kappa shape index (κ3) is 5.64. The van der Waals surface area contributed by atoms with Gasteiger partial charge in [-0.15, -0.1) is 0 Å². The first-order chi connectivity index (χ1) is 13.4. The molecule has 2 aromatic carbocycles. The Kier molecular flexibility index (Phi) is 6.83. The molecular weight excluding hydrogens is 374 g/mol. The predicted molar refractivity (Wildman–Crippen MR) is 109 cm³/mol. The number of hydrogen-bond donors (Lipinski definition) is 2. The van der Waals surface area contributed by atoms with Crippen molar-refractivity contribution in [1.29, 1.82) is 0 Å². The first kappa shape index (κ1) is 20.5. The molecule has 150 valence electrons. The Balaban J connectivity index is 1.46. The fraction of sp³-hybridized carbons (Fsp3) is 0.381. The molecule has 1 fully saturated rings. The maximum absolute atomic E-state index is 12.4. The number of carbonyl (C=O) groups is 1. The molecule has 28 heavy (non-hydrogen) atoms. The van der Waals surface area contributed by atoms with Gasteiger partial charge < -0.3 is 5.32 Å². The zero-order valence-electron chi connectivity index (χ0n) is 16.0. The smallest absolute Gasteiger partial charge is 0.241 e. The highest BCUT2D eigenvalue weighted by Gasteiger charge is 2.25. The summed E-state index contributed by atoms with van der Waals surface area (Å²) in [6.07, 6.45) is 1.72. The van der Waals surface area contributed by atoms with Crippen LogP contribution in [0.3, 0.4) is 0 Å². The summed E-state index contributed by atoms with van der Waals surface area (Å²) in [4.78, 5) is 15.0. The summed E-state index contributed by atoms with van der Waals surface area (Å²) < 4.78 is 27.2. The number of hydrogen-bond acceptors (Lipinski definition) is 4. The summed E-state index contributed by atoms with van der Waals surface area (Å²) in [5.74, 6) is -0.291. The molecule has 1 amide bonds. The van der Waals surface area contributed by atoms with Gasteiger partial charge in [0, 0.05) is 25.7 Å². The maximum atomic E-state index is 12.4. The molecule has 1 unspecified atom stereocenters. The lowest BCUT2D eigenvalue weighted by Gasteiger charge is -2.33. The van der Waals surface area contributed by atoms with Crippen molar-refractivity contribution in [2.75, 3.05) is 13.1 Å². The second-order valence-corrected chi connectivity index (χ2v) is 8.91. The van der Waals surface area contributed by atoms with Gasteiger partial charge in [-0.2, -0.15) is 4.72 Å². The van der Waals surface area contributed by atoms with Crippen molar-refractivity contribution in [3.05, 3.63) is 66.2 Å². The third-order valence-corrected chi connectivity index (χ3v) is 6.52. The fourth-order valence-electron chi connectivity index (χ4n) is 3.36. The molecule has 1 saturated heterocycles. The van der Waals surface area contributed by atoms with E-state index in [0.717, 1.165) is 32.5 Å². The molecule has 0 spiro atoms. The van der Waals surface area contributed by atoms with Gasteiger partial charge in [-0.1, -0.05) is 48.5 Å². The molecule has 1 heterocycles. The summed E-state index contributed by atoms with van der Waals surface area (Å²) in [6.45, 7) is 4.29. The number of rotatable bonds is 7. The van der Waals surface area contributed by atoms with Crippen molar-refractivity contribution >= 4 is 15.9 Å². The zero-order chi connectivity index (χ0) is 20.0. The summed E-state index contributed by atoms with van der Waals surface area (Å²) in [7, 11) is -3.71. The van der Waals surface area contributed by atoms with E-state index in [2.05, 4.69) is 27.1 Å². The van der Waals surface area contributed by atoms with Gasteiger partial charge in [0.2, 0.25) is 15.9 Å².